The molecule has 0 atom stereocenters. The summed E-state index contributed by atoms with van der Waals surface area (Å²) < 4.78 is 2.85. The fourth-order valence-electron chi connectivity index (χ4n) is 2.36. The lowest BCUT2D eigenvalue weighted by Gasteiger charge is -2.46. The summed E-state index contributed by atoms with van der Waals surface area (Å²) in [4.78, 5) is 0. The van der Waals surface area contributed by atoms with Gasteiger partial charge in [0, 0.05) is 13.2 Å². The molecule has 1 fully saturated rings. The fraction of sp³-hybridized carbons (Fsp3) is 1.00. The first-order chi connectivity index (χ1) is 7.40. The fourth-order valence-corrected chi connectivity index (χ4v) is 12.1. The Balaban J connectivity index is 2.33. The maximum atomic E-state index is 8.74. The van der Waals surface area contributed by atoms with Crippen LogP contribution in [0, 0.1) is 0 Å². The van der Waals surface area contributed by atoms with Crippen molar-refractivity contribution in [2.45, 2.75) is 25.7 Å². The Morgan fingerprint density at radius 2 is 1.38 bits per heavy atom. The lowest BCUT2D eigenvalue weighted by molar-refractivity contribution is 0.282. The first-order valence-electron chi connectivity index (χ1n) is 6.21. The van der Waals surface area contributed by atoms with Crippen LogP contribution in [0.25, 0.3) is 0 Å². The molecule has 0 saturated carbocycles. The molecule has 0 aromatic carbocycles. The van der Waals surface area contributed by atoms with Crippen molar-refractivity contribution in [3.63, 3.8) is 0 Å². The van der Waals surface area contributed by atoms with Gasteiger partial charge in [0.25, 0.3) is 0 Å². The van der Waals surface area contributed by atoms with Crippen LogP contribution in [0.5, 0.6) is 0 Å². The van der Waals surface area contributed by atoms with Gasteiger partial charge in [0.15, 0.2) is 0 Å². The highest BCUT2D eigenvalue weighted by Gasteiger charge is 2.37. The Bertz CT molecular complexity index is 203. The lowest BCUT2D eigenvalue weighted by atomic mass is 10.2. The van der Waals surface area contributed by atoms with Crippen molar-refractivity contribution in [3.8, 4) is 0 Å². The van der Waals surface area contributed by atoms with Crippen LogP contribution in [0.1, 0.15) is 25.7 Å². The molecule has 4 heteroatoms. The van der Waals surface area contributed by atoms with Crippen molar-refractivity contribution in [2.75, 3.05) is 49.7 Å². The minimum absolute atomic E-state index is 0.358. The SMILES string of the molecule is CS1(C)CCS(C)(C)N1CCCCCCO. The summed E-state index contributed by atoms with van der Waals surface area (Å²) in [6.07, 6.45) is 14.7. The molecule has 0 radical (unpaired) electrons. The second-order valence-electron chi connectivity index (χ2n) is 5.56. The van der Waals surface area contributed by atoms with Gasteiger partial charge in [-0.3, -0.25) is 0 Å². The quantitative estimate of drug-likeness (QED) is 0.748. The molecular formula is C12H29NOS2. The molecular weight excluding hydrogens is 238 g/mol. The van der Waals surface area contributed by atoms with Gasteiger partial charge in [0.1, 0.15) is 0 Å². The minimum Gasteiger partial charge on any atom is -0.396 e. The van der Waals surface area contributed by atoms with E-state index in [1.165, 1.54) is 37.3 Å². The zero-order valence-corrected chi connectivity index (χ0v) is 13.0. The van der Waals surface area contributed by atoms with Gasteiger partial charge < -0.3 is 5.11 Å². The third kappa shape index (κ3) is 3.83. The van der Waals surface area contributed by atoms with Gasteiger partial charge in [-0.15, -0.1) is 0 Å². The molecule has 0 unspecified atom stereocenters. The lowest BCUT2D eigenvalue weighted by Crippen LogP contribution is -2.24. The van der Waals surface area contributed by atoms with Gasteiger partial charge in [-0.1, -0.05) is 12.8 Å². The average Bonchev–Trinajstić information content (AvgIpc) is 2.39. The number of rotatable bonds is 6. The maximum absolute atomic E-state index is 8.74. The van der Waals surface area contributed by atoms with Crippen LogP contribution >= 0.6 is 20.4 Å². The van der Waals surface area contributed by atoms with Crippen molar-refractivity contribution in [1.29, 1.82) is 0 Å². The predicted octanol–water partition coefficient (Wildman–Crippen LogP) is 2.81. The Morgan fingerprint density at radius 3 is 1.88 bits per heavy atom. The minimum atomic E-state index is -0.466. The molecule has 1 heterocycles. The van der Waals surface area contributed by atoms with Gasteiger partial charge in [-0.05, 0) is 49.4 Å². The molecule has 0 aromatic rings. The van der Waals surface area contributed by atoms with E-state index in [-0.39, 0.29) is 0 Å². The second-order valence-corrected chi connectivity index (χ2v) is 13.4. The van der Waals surface area contributed by atoms with Crippen molar-refractivity contribution < 1.29 is 5.11 Å². The molecule has 1 N–H and O–H groups in total. The third-order valence-corrected chi connectivity index (χ3v) is 11.1. The van der Waals surface area contributed by atoms with Crippen molar-refractivity contribution in [3.05, 3.63) is 0 Å². The smallest absolute Gasteiger partial charge is 0.0431 e. The first-order valence-corrected chi connectivity index (χ1v) is 11.4. The molecule has 100 valence electrons. The van der Waals surface area contributed by atoms with Crippen LogP contribution in [0.2, 0.25) is 0 Å². The number of hydrogen-bond acceptors (Lipinski definition) is 2. The highest BCUT2D eigenvalue weighted by atomic mass is 32.3. The van der Waals surface area contributed by atoms with Crippen molar-refractivity contribution >= 4 is 20.4 Å². The second kappa shape index (κ2) is 5.98. The molecule has 0 bridgehead atoms. The number of aliphatic hydroxyl groups excluding tert-OH is 1. The van der Waals surface area contributed by atoms with Crippen LogP contribution in [0.4, 0.5) is 0 Å². The van der Waals surface area contributed by atoms with Gasteiger partial charge >= 0.3 is 0 Å². The Labute approximate surface area is 105 Å². The standard InChI is InChI=1S/C12H29NOS2/c1-15(2)11-12-16(3,4)13(15)9-7-5-6-8-10-14/h14H,5-12H2,1-4H3. The molecule has 0 spiro atoms. The summed E-state index contributed by atoms with van der Waals surface area (Å²) in [6, 6.07) is 0. The molecule has 0 aromatic heterocycles. The summed E-state index contributed by atoms with van der Waals surface area (Å²) in [7, 11) is -0.933. The van der Waals surface area contributed by atoms with E-state index in [0.29, 0.717) is 6.61 Å². The number of aliphatic hydroxyl groups is 1. The molecule has 1 rings (SSSR count). The zero-order valence-electron chi connectivity index (χ0n) is 11.4. The average molecular weight is 268 g/mol. The third-order valence-electron chi connectivity index (χ3n) is 3.43. The van der Waals surface area contributed by atoms with Crippen LogP contribution in [0.15, 0.2) is 0 Å². The van der Waals surface area contributed by atoms with Crippen LogP contribution in [0.3, 0.4) is 0 Å². The van der Waals surface area contributed by atoms with Gasteiger partial charge in [-0.25, -0.2) is 3.71 Å². The van der Waals surface area contributed by atoms with E-state index in [4.69, 9.17) is 5.11 Å². The van der Waals surface area contributed by atoms with Gasteiger partial charge in [0.05, 0.1) is 0 Å². The molecule has 16 heavy (non-hydrogen) atoms. The number of unbranched alkanes of at least 4 members (excludes halogenated alkanes) is 3. The van der Waals surface area contributed by atoms with Crippen molar-refractivity contribution in [2.24, 2.45) is 0 Å². The molecule has 1 aliphatic rings. The van der Waals surface area contributed by atoms with E-state index in [1.54, 1.807) is 0 Å². The normalized spacial score (nSPS) is 27.8. The summed E-state index contributed by atoms with van der Waals surface area (Å²) >= 11 is 0. The van der Waals surface area contributed by atoms with Crippen LogP contribution in [-0.2, 0) is 0 Å². The summed E-state index contributed by atoms with van der Waals surface area (Å²) in [5.41, 5.74) is 0. The monoisotopic (exact) mass is 267 g/mol. The highest BCUT2D eigenvalue weighted by Crippen LogP contribution is 2.67. The Morgan fingerprint density at radius 1 is 0.875 bits per heavy atom. The van der Waals surface area contributed by atoms with E-state index in [0.717, 1.165) is 6.42 Å². The van der Waals surface area contributed by atoms with E-state index in [2.05, 4.69) is 28.7 Å². The molecule has 1 saturated heterocycles. The Kier molecular flexibility index (Phi) is 5.49. The molecule has 0 aliphatic carbocycles. The Hall–Kier alpha value is 0.620. The van der Waals surface area contributed by atoms with E-state index >= 15 is 0 Å². The predicted molar refractivity (Wildman–Crippen MR) is 80.9 cm³/mol. The summed E-state index contributed by atoms with van der Waals surface area (Å²) in [6.45, 7) is 1.65. The van der Waals surface area contributed by atoms with E-state index < -0.39 is 20.4 Å². The maximum Gasteiger partial charge on any atom is 0.0431 e. The first kappa shape index (κ1) is 14.7. The molecule has 0 amide bonds. The largest absolute Gasteiger partial charge is 0.396 e. The molecule has 2 nitrogen and oxygen atoms in total. The summed E-state index contributed by atoms with van der Waals surface area (Å²) in [5, 5.41) is 8.74. The van der Waals surface area contributed by atoms with Crippen LogP contribution < -0.4 is 0 Å². The van der Waals surface area contributed by atoms with E-state index in [9.17, 15) is 0 Å². The number of nitrogens with zero attached hydrogens (tertiary/aromatic N) is 1. The number of hydrogen-bond donors (Lipinski definition) is 1. The zero-order chi connectivity index (χ0) is 12.2. The highest BCUT2D eigenvalue weighted by molar-refractivity contribution is 8.47. The topological polar surface area (TPSA) is 23.5 Å². The van der Waals surface area contributed by atoms with E-state index in [1.807, 2.05) is 0 Å². The summed E-state index contributed by atoms with van der Waals surface area (Å²) in [5.74, 6) is 2.87. The van der Waals surface area contributed by atoms with Gasteiger partial charge in [-0.2, -0.15) is 20.4 Å². The van der Waals surface area contributed by atoms with Crippen molar-refractivity contribution in [1.82, 2.24) is 3.71 Å². The van der Waals surface area contributed by atoms with Gasteiger partial charge in [0.2, 0.25) is 0 Å². The van der Waals surface area contributed by atoms with Crippen LogP contribution in [-0.4, -0.2) is 58.5 Å². The molecule has 1 aliphatic heterocycles.